The van der Waals surface area contributed by atoms with E-state index in [0.29, 0.717) is 38.2 Å². The molecule has 1 aliphatic heterocycles. The normalized spacial score (nSPS) is 14.1. The molecule has 8 nitrogen and oxygen atoms in total. The monoisotopic (exact) mass is 563 g/mol. The lowest BCUT2D eigenvalue weighted by molar-refractivity contribution is 0.102. The number of aromatic hydroxyl groups is 1. The van der Waals surface area contributed by atoms with Crippen LogP contribution in [0, 0.1) is 0 Å². The summed E-state index contributed by atoms with van der Waals surface area (Å²) in [4.78, 5) is 38.5. The summed E-state index contributed by atoms with van der Waals surface area (Å²) < 4.78 is 0. The van der Waals surface area contributed by atoms with Crippen molar-refractivity contribution in [2.45, 2.75) is 0 Å². The fraction of sp³-hybridized carbons (Fsp3) is 0.156. The van der Waals surface area contributed by atoms with Gasteiger partial charge in [0, 0.05) is 65.8 Å². The minimum Gasteiger partial charge on any atom is -0.494 e. The second-order valence-electron chi connectivity index (χ2n) is 10.1. The van der Waals surface area contributed by atoms with Crippen molar-refractivity contribution in [2.75, 3.05) is 43.4 Å². The molecule has 1 aliphatic rings. The summed E-state index contributed by atoms with van der Waals surface area (Å²) in [6.07, 6.45) is 1.62. The zero-order valence-corrected chi connectivity index (χ0v) is 23.3. The number of nitrogens with one attached hydrogen (secondary N) is 2. The molecule has 0 radical (unpaired) electrons. The Morgan fingerprint density at radius 3 is 2.39 bits per heavy atom. The van der Waals surface area contributed by atoms with E-state index in [1.165, 1.54) is 17.0 Å². The number of H-pyrrole nitrogens is 1. The first-order valence-electron chi connectivity index (χ1n) is 13.4. The van der Waals surface area contributed by atoms with Gasteiger partial charge >= 0.3 is 0 Å². The molecule has 206 valence electrons. The van der Waals surface area contributed by atoms with Gasteiger partial charge in [-0.05, 0) is 85.2 Å². The molecule has 0 atom stereocenters. The number of aromatic amines is 1. The summed E-state index contributed by atoms with van der Waals surface area (Å²) in [5, 5.41) is 16.0. The number of anilines is 2. The number of amides is 1. The van der Waals surface area contributed by atoms with Gasteiger partial charge in [0.2, 0.25) is 0 Å². The number of hydrogen-bond donors (Lipinski definition) is 3. The van der Waals surface area contributed by atoms with Crippen LogP contribution in [0.2, 0.25) is 0 Å². The molecule has 3 N–H and O–H groups in total. The average Bonchev–Trinajstić information content (AvgIpc) is 3.64. The van der Waals surface area contributed by atoms with E-state index in [-0.39, 0.29) is 17.6 Å². The van der Waals surface area contributed by atoms with Gasteiger partial charge in [0.15, 0.2) is 11.7 Å². The summed E-state index contributed by atoms with van der Waals surface area (Å²) in [7, 11) is 2.14. The first-order chi connectivity index (χ1) is 19.9. The van der Waals surface area contributed by atoms with Crippen LogP contribution in [0.5, 0.6) is 5.88 Å². The molecule has 3 aromatic carbocycles. The van der Waals surface area contributed by atoms with Crippen LogP contribution in [0.4, 0.5) is 17.1 Å². The van der Waals surface area contributed by atoms with Crippen LogP contribution in [0.25, 0.3) is 10.9 Å². The van der Waals surface area contributed by atoms with Crippen LogP contribution in [0.15, 0.2) is 89.2 Å². The molecular weight excluding hydrogens is 534 g/mol. The third kappa shape index (κ3) is 5.77. The summed E-state index contributed by atoms with van der Waals surface area (Å²) in [5.74, 6) is -0.351. The fourth-order valence-corrected chi connectivity index (χ4v) is 5.51. The predicted octanol–water partition coefficient (Wildman–Crippen LogP) is 5.92. The molecule has 1 amide bonds. The number of benzene rings is 3. The number of nitrogens with zero attached hydrogens (tertiary/aromatic N) is 3. The number of carbonyl (C=O) groups excluding carboxylic acids is 2. The van der Waals surface area contributed by atoms with Crippen molar-refractivity contribution in [3.05, 3.63) is 106 Å². The number of carbonyl (C=O) groups is 2. The molecule has 1 saturated heterocycles. The Morgan fingerprint density at radius 1 is 0.951 bits per heavy atom. The van der Waals surface area contributed by atoms with Gasteiger partial charge < -0.3 is 25.2 Å². The Bertz CT molecular complexity index is 1720. The van der Waals surface area contributed by atoms with E-state index in [4.69, 9.17) is 0 Å². The summed E-state index contributed by atoms with van der Waals surface area (Å²) in [5.41, 5.74) is 4.76. The number of fused-ring (bicyclic) bond motifs is 1. The van der Waals surface area contributed by atoms with Gasteiger partial charge in [-0.25, -0.2) is 0 Å². The van der Waals surface area contributed by atoms with Gasteiger partial charge in [-0.2, -0.15) is 0 Å². The van der Waals surface area contributed by atoms with Crippen LogP contribution in [-0.2, 0) is 0 Å². The molecule has 3 heterocycles. The van der Waals surface area contributed by atoms with Gasteiger partial charge in [-0.15, -0.1) is 11.3 Å². The van der Waals surface area contributed by atoms with Gasteiger partial charge in [0.25, 0.3) is 5.91 Å². The molecule has 2 aromatic heterocycles. The highest BCUT2D eigenvalue weighted by molar-refractivity contribution is 7.12. The number of thiophene rings is 1. The molecule has 5 aromatic rings. The van der Waals surface area contributed by atoms with E-state index in [1.807, 2.05) is 23.6 Å². The first-order valence-corrected chi connectivity index (χ1v) is 14.2. The molecule has 9 heteroatoms. The second-order valence-corrected chi connectivity index (χ2v) is 11.0. The number of piperazine rings is 1. The number of aliphatic imine (C=N–C) groups is 1. The maximum atomic E-state index is 13.3. The standard InChI is InChI=1S/C32H29N5O3S/c1-36-14-16-37(17-15-36)25-11-9-23(10-12-25)33-20-27-26-19-22(6-13-28(26)35-31(27)39)30(38)21-4-7-24(8-5-21)34-32(40)29-3-2-18-41-29/h2-13,18-20,35,39H,14-17H2,1H3,(H,34,40). The van der Waals surface area contributed by atoms with Gasteiger partial charge in [0.05, 0.1) is 16.1 Å². The highest BCUT2D eigenvalue weighted by Gasteiger charge is 2.16. The number of hydrogen-bond acceptors (Lipinski definition) is 7. The maximum Gasteiger partial charge on any atom is 0.265 e. The Balaban J connectivity index is 1.18. The van der Waals surface area contributed by atoms with Crippen molar-refractivity contribution >= 4 is 57.2 Å². The summed E-state index contributed by atoms with van der Waals surface area (Å²) in [6, 6.07) is 23.8. The molecule has 41 heavy (non-hydrogen) atoms. The maximum absolute atomic E-state index is 13.3. The van der Waals surface area contributed by atoms with Crippen molar-refractivity contribution in [1.82, 2.24) is 9.88 Å². The topological polar surface area (TPSA) is 101 Å². The lowest BCUT2D eigenvalue weighted by Crippen LogP contribution is -2.44. The SMILES string of the molecule is CN1CCN(c2ccc(N=Cc3c(O)[nH]c4ccc(C(=O)c5ccc(NC(=O)c6cccs6)cc5)cc34)cc2)CC1. The Kier molecular flexibility index (Phi) is 7.37. The minimum absolute atomic E-state index is 0.00626. The van der Waals surface area contributed by atoms with E-state index in [2.05, 4.69) is 44.3 Å². The Labute approximate surface area is 241 Å². The molecule has 0 unspecified atom stereocenters. The lowest BCUT2D eigenvalue weighted by Gasteiger charge is -2.34. The van der Waals surface area contributed by atoms with Crippen LogP contribution in [0.3, 0.4) is 0 Å². The number of aromatic nitrogens is 1. The highest BCUT2D eigenvalue weighted by atomic mass is 32.1. The van der Waals surface area contributed by atoms with E-state index in [9.17, 15) is 14.7 Å². The van der Waals surface area contributed by atoms with E-state index < -0.39 is 0 Å². The molecule has 0 saturated carbocycles. The van der Waals surface area contributed by atoms with Crippen molar-refractivity contribution in [3.8, 4) is 5.88 Å². The molecule has 0 spiro atoms. The van der Waals surface area contributed by atoms with Gasteiger partial charge in [0.1, 0.15) is 0 Å². The third-order valence-electron chi connectivity index (χ3n) is 7.29. The summed E-state index contributed by atoms with van der Waals surface area (Å²) >= 11 is 1.37. The van der Waals surface area contributed by atoms with Crippen LogP contribution < -0.4 is 10.2 Å². The lowest BCUT2D eigenvalue weighted by atomic mass is 10.0. The van der Waals surface area contributed by atoms with E-state index in [0.717, 1.165) is 31.9 Å². The Hall–Kier alpha value is -4.73. The average molecular weight is 564 g/mol. The molecule has 1 fully saturated rings. The number of ketones is 1. The highest BCUT2D eigenvalue weighted by Crippen LogP contribution is 2.29. The minimum atomic E-state index is -0.183. The second kappa shape index (κ2) is 11.4. The summed E-state index contributed by atoms with van der Waals surface area (Å²) in [6.45, 7) is 4.09. The molecule has 0 bridgehead atoms. The molecule has 0 aliphatic carbocycles. The van der Waals surface area contributed by atoms with E-state index in [1.54, 1.807) is 54.7 Å². The van der Waals surface area contributed by atoms with Gasteiger partial charge in [-0.1, -0.05) is 6.07 Å². The fourth-order valence-electron chi connectivity index (χ4n) is 4.90. The molecule has 6 rings (SSSR count). The predicted molar refractivity (Wildman–Crippen MR) is 166 cm³/mol. The van der Waals surface area contributed by atoms with Crippen molar-refractivity contribution in [3.63, 3.8) is 0 Å². The van der Waals surface area contributed by atoms with E-state index >= 15 is 0 Å². The third-order valence-corrected chi connectivity index (χ3v) is 8.16. The van der Waals surface area contributed by atoms with Crippen LogP contribution in [-0.4, -0.2) is 66.1 Å². The van der Waals surface area contributed by atoms with Crippen molar-refractivity contribution < 1.29 is 14.7 Å². The van der Waals surface area contributed by atoms with Gasteiger partial charge in [-0.3, -0.25) is 14.6 Å². The van der Waals surface area contributed by atoms with Crippen molar-refractivity contribution in [1.29, 1.82) is 0 Å². The van der Waals surface area contributed by atoms with Crippen molar-refractivity contribution in [2.24, 2.45) is 4.99 Å². The van der Waals surface area contributed by atoms with Crippen LogP contribution >= 0.6 is 11.3 Å². The smallest absolute Gasteiger partial charge is 0.265 e. The number of rotatable bonds is 7. The zero-order chi connectivity index (χ0) is 28.3. The largest absolute Gasteiger partial charge is 0.494 e. The first kappa shape index (κ1) is 26.5. The zero-order valence-electron chi connectivity index (χ0n) is 22.5. The van der Waals surface area contributed by atoms with Crippen LogP contribution in [0.1, 0.15) is 31.2 Å². The Morgan fingerprint density at radius 2 is 1.68 bits per heavy atom. The quantitative estimate of drug-likeness (QED) is 0.169. The number of likely N-dealkylation sites (N-methyl/N-ethyl adjacent to an activating group) is 1. The molecular formula is C32H29N5O3S.